The van der Waals surface area contributed by atoms with E-state index in [1.165, 1.54) is 10.4 Å². The number of sulfonamides is 2. The van der Waals surface area contributed by atoms with Crippen LogP contribution in [-0.2, 0) is 33.0 Å². The van der Waals surface area contributed by atoms with Gasteiger partial charge in [-0.1, -0.05) is 6.07 Å². The summed E-state index contributed by atoms with van der Waals surface area (Å²) in [6.07, 6.45) is 0.266. The Morgan fingerprint density at radius 1 is 1.25 bits per heavy atom. The molecule has 1 aromatic carbocycles. The van der Waals surface area contributed by atoms with Crippen molar-refractivity contribution in [3.05, 3.63) is 29.3 Å². The van der Waals surface area contributed by atoms with Crippen molar-refractivity contribution in [1.82, 2.24) is 9.03 Å². The molecule has 0 bridgehead atoms. The largest absolute Gasteiger partial charge is 0.393 e. The summed E-state index contributed by atoms with van der Waals surface area (Å²) in [4.78, 5) is 0.165. The molecule has 0 spiro atoms. The maximum Gasteiger partial charge on any atom is 0.240 e. The highest BCUT2D eigenvalue weighted by Gasteiger charge is 2.26. The van der Waals surface area contributed by atoms with Gasteiger partial charge in [-0.3, -0.25) is 0 Å². The molecule has 2 N–H and O–H groups in total. The number of aliphatic hydroxyl groups excluding tert-OH is 1. The highest BCUT2D eigenvalue weighted by molar-refractivity contribution is 7.89. The molecule has 0 unspecified atom stereocenters. The van der Waals surface area contributed by atoms with E-state index in [9.17, 15) is 21.9 Å². The first kappa shape index (κ1) is 19.3. The van der Waals surface area contributed by atoms with E-state index in [4.69, 9.17) is 0 Å². The van der Waals surface area contributed by atoms with Gasteiger partial charge in [-0.25, -0.2) is 21.6 Å². The topological polar surface area (TPSA) is 104 Å². The van der Waals surface area contributed by atoms with Crippen molar-refractivity contribution < 1.29 is 21.9 Å². The second-order valence-corrected chi connectivity index (χ2v) is 9.97. The SMILES string of the molecule is CCS(=O)(=O)N1CCc2cc(S(=O)(=O)NCC[C@H](C)O)ccc2C1. The van der Waals surface area contributed by atoms with Gasteiger partial charge in [-0.05, 0) is 49.9 Å². The molecule has 1 aromatic rings. The van der Waals surface area contributed by atoms with E-state index in [1.807, 2.05) is 0 Å². The molecule has 1 aliphatic rings. The minimum absolute atomic E-state index is 0.0575. The van der Waals surface area contributed by atoms with Gasteiger partial charge in [0.2, 0.25) is 20.0 Å². The number of aliphatic hydroxyl groups is 1. The molecule has 2 rings (SSSR count). The molecule has 0 amide bonds. The fourth-order valence-electron chi connectivity index (χ4n) is 2.58. The molecule has 1 aliphatic heterocycles. The predicted octanol–water partition coefficient (Wildman–Crippen LogP) is 0.444. The van der Waals surface area contributed by atoms with Gasteiger partial charge in [0.1, 0.15) is 0 Å². The molecule has 0 saturated carbocycles. The van der Waals surface area contributed by atoms with Crippen LogP contribution in [0.25, 0.3) is 0 Å². The summed E-state index contributed by atoms with van der Waals surface area (Å²) >= 11 is 0. The summed E-state index contributed by atoms with van der Waals surface area (Å²) in [7, 11) is -6.87. The first-order valence-corrected chi connectivity index (χ1v) is 11.0. The van der Waals surface area contributed by atoms with Crippen LogP contribution in [0.2, 0.25) is 0 Å². The average molecular weight is 377 g/mol. The molecule has 0 saturated heterocycles. The zero-order valence-electron chi connectivity index (χ0n) is 13.9. The molecular formula is C15H24N2O5S2. The Balaban J connectivity index is 2.16. The Hall–Kier alpha value is -1.00. The molecule has 1 atom stereocenters. The second kappa shape index (κ2) is 7.49. The van der Waals surface area contributed by atoms with Gasteiger partial charge in [-0.2, -0.15) is 4.31 Å². The first-order valence-electron chi connectivity index (χ1n) is 7.93. The van der Waals surface area contributed by atoms with Crippen LogP contribution >= 0.6 is 0 Å². The highest BCUT2D eigenvalue weighted by Crippen LogP contribution is 2.24. The Morgan fingerprint density at radius 3 is 2.58 bits per heavy atom. The van der Waals surface area contributed by atoms with Crippen LogP contribution in [0.15, 0.2) is 23.1 Å². The molecular weight excluding hydrogens is 352 g/mol. The molecule has 9 heteroatoms. The zero-order chi connectivity index (χ0) is 18.0. The molecule has 0 aliphatic carbocycles. The smallest absolute Gasteiger partial charge is 0.240 e. The quantitative estimate of drug-likeness (QED) is 0.719. The molecule has 136 valence electrons. The van der Waals surface area contributed by atoms with Gasteiger partial charge in [0.25, 0.3) is 0 Å². The fourth-order valence-corrected chi connectivity index (χ4v) is 4.74. The summed E-state index contributed by atoms with van der Waals surface area (Å²) in [6.45, 7) is 4.02. The highest BCUT2D eigenvalue weighted by atomic mass is 32.2. The number of fused-ring (bicyclic) bond motifs is 1. The molecule has 7 nitrogen and oxygen atoms in total. The van der Waals surface area contributed by atoms with E-state index >= 15 is 0 Å². The lowest BCUT2D eigenvalue weighted by Gasteiger charge is -2.28. The van der Waals surface area contributed by atoms with Crippen LogP contribution in [0.1, 0.15) is 31.4 Å². The Morgan fingerprint density at radius 2 is 1.96 bits per heavy atom. The van der Waals surface area contributed by atoms with Crippen molar-refractivity contribution in [3.63, 3.8) is 0 Å². The fraction of sp³-hybridized carbons (Fsp3) is 0.600. The summed E-state index contributed by atoms with van der Waals surface area (Å²) in [6, 6.07) is 4.78. The minimum atomic E-state index is -3.63. The third kappa shape index (κ3) is 4.54. The maximum atomic E-state index is 12.3. The van der Waals surface area contributed by atoms with Crippen LogP contribution in [0, 0.1) is 0 Å². The van der Waals surface area contributed by atoms with Gasteiger partial charge in [0, 0.05) is 19.6 Å². The van der Waals surface area contributed by atoms with Gasteiger partial charge in [0.15, 0.2) is 0 Å². The number of rotatable bonds is 7. The van der Waals surface area contributed by atoms with E-state index in [0.29, 0.717) is 19.4 Å². The van der Waals surface area contributed by atoms with Crippen molar-refractivity contribution in [2.75, 3.05) is 18.8 Å². The summed E-state index contributed by atoms with van der Waals surface area (Å²) in [5, 5.41) is 9.20. The molecule has 24 heavy (non-hydrogen) atoms. The van der Waals surface area contributed by atoms with Gasteiger partial charge in [-0.15, -0.1) is 0 Å². The first-order chi connectivity index (χ1) is 11.2. The lowest BCUT2D eigenvalue weighted by molar-refractivity contribution is 0.186. The summed E-state index contributed by atoms with van der Waals surface area (Å²) in [5.74, 6) is 0.0575. The molecule has 0 aromatic heterocycles. The normalized spacial score (nSPS) is 17.5. The second-order valence-electron chi connectivity index (χ2n) is 5.95. The van der Waals surface area contributed by atoms with E-state index in [-0.39, 0.29) is 23.7 Å². The Labute approximate surface area is 143 Å². The van der Waals surface area contributed by atoms with Crippen molar-refractivity contribution in [2.45, 2.75) is 44.2 Å². The van der Waals surface area contributed by atoms with E-state index < -0.39 is 26.2 Å². The Kier molecular flexibility index (Phi) is 6.03. The van der Waals surface area contributed by atoms with Gasteiger partial charge >= 0.3 is 0 Å². The lowest BCUT2D eigenvalue weighted by atomic mass is 10.0. The molecule has 1 heterocycles. The van der Waals surface area contributed by atoms with E-state index in [1.54, 1.807) is 26.0 Å². The van der Waals surface area contributed by atoms with Gasteiger partial charge < -0.3 is 5.11 Å². The van der Waals surface area contributed by atoms with E-state index in [0.717, 1.165) is 11.1 Å². The Bertz CT molecular complexity index is 788. The summed E-state index contributed by atoms with van der Waals surface area (Å²) in [5.41, 5.74) is 1.69. The van der Waals surface area contributed by atoms with Crippen molar-refractivity contribution in [3.8, 4) is 0 Å². The standard InChI is InChI=1S/C15H24N2O5S2/c1-3-23(19,20)17-9-7-13-10-15(5-4-14(13)11-17)24(21,22)16-8-6-12(2)18/h4-5,10,12,16,18H,3,6-9,11H2,1-2H3/t12-/m0/s1. The van der Waals surface area contributed by atoms with Gasteiger partial charge in [0.05, 0.1) is 16.8 Å². The summed E-state index contributed by atoms with van der Waals surface area (Å²) < 4.78 is 52.4. The molecule has 0 fully saturated rings. The monoisotopic (exact) mass is 376 g/mol. The number of nitrogens with zero attached hydrogens (tertiary/aromatic N) is 1. The van der Waals surface area contributed by atoms with Crippen molar-refractivity contribution >= 4 is 20.0 Å². The number of hydrogen-bond donors (Lipinski definition) is 2. The van der Waals surface area contributed by atoms with Crippen LogP contribution in [-0.4, -0.2) is 51.2 Å². The van der Waals surface area contributed by atoms with Crippen LogP contribution in [0.5, 0.6) is 0 Å². The number of benzene rings is 1. The van der Waals surface area contributed by atoms with Crippen molar-refractivity contribution in [1.29, 1.82) is 0 Å². The van der Waals surface area contributed by atoms with E-state index in [2.05, 4.69) is 4.72 Å². The number of nitrogens with one attached hydrogen (secondary N) is 1. The third-order valence-corrected chi connectivity index (χ3v) is 7.36. The predicted molar refractivity (Wildman–Crippen MR) is 91.5 cm³/mol. The number of hydrogen-bond acceptors (Lipinski definition) is 5. The van der Waals surface area contributed by atoms with Crippen molar-refractivity contribution in [2.24, 2.45) is 0 Å². The van der Waals surface area contributed by atoms with Crippen LogP contribution < -0.4 is 4.72 Å². The third-order valence-electron chi connectivity index (χ3n) is 4.08. The van der Waals surface area contributed by atoms with Crippen LogP contribution in [0.3, 0.4) is 0 Å². The maximum absolute atomic E-state index is 12.3. The van der Waals surface area contributed by atoms with Crippen LogP contribution in [0.4, 0.5) is 0 Å². The average Bonchev–Trinajstić information content (AvgIpc) is 2.53. The zero-order valence-corrected chi connectivity index (χ0v) is 15.5. The minimum Gasteiger partial charge on any atom is -0.393 e. The molecule has 0 radical (unpaired) electrons. The lowest BCUT2D eigenvalue weighted by Crippen LogP contribution is -2.37.